The second-order valence-corrected chi connectivity index (χ2v) is 9.87. The first-order valence-corrected chi connectivity index (χ1v) is 10.7. The standard InChI is InChI=1S/C26H30O3/c1-17-19-13-8-9-14-20(19)26(16-10-15-25(2,3)4,18-11-6-5-7-12-18)22-21(17)23(27)29-24(22)28/h5-9,11-14,17,21-22H,10,15-16H2,1-4H3. The number of benzene rings is 2. The van der Waals surface area contributed by atoms with E-state index >= 15 is 0 Å². The molecule has 3 nitrogen and oxygen atoms in total. The maximum Gasteiger partial charge on any atom is 0.318 e. The molecule has 0 amide bonds. The topological polar surface area (TPSA) is 43.4 Å². The zero-order valence-electron chi connectivity index (χ0n) is 17.8. The van der Waals surface area contributed by atoms with E-state index in [9.17, 15) is 9.59 Å². The molecule has 0 saturated carbocycles. The molecule has 1 fully saturated rings. The predicted octanol–water partition coefficient (Wildman–Crippen LogP) is 5.62. The molecule has 3 heteroatoms. The summed E-state index contributed by atoms with van der Waals surface area (Å²) in [5, 5.41) is 0. The van der Waals surface area contributed by atoms with Crippen LogP contribution in [0.1, 0.15) is 69.6 Å². The molecule has 0 spiro atoms. The SMILES string of the molecule is CC1c2ccccc2C(CCCC(C)(C)C)(c2ccccc2)C2C(=O)OC(=O)C12. The van der Waals surface area contributed by atoms with Gasteiger partial charge in [-0.05, 0) is 40.9 Å². The number of cyclic esters (lactones) is 2. The summed E-state index contributed by atoms with van der Waals surface area (Å²) in [7, 11) is 0. The van der Waals surface area contributed by atoms with Crippen LogP contribution in [-0.2, 0) is 19.7 Å². The predicted molar refractivity (Wildman–Crippen MR) is 113 cm³/mol. The number of rotatable bonds is 4. The molecule has 1 heterocycles. The second-order valence-electron chi connectivity index (χ2n) is 9.87. The fraction of sp³-hybridized carbons (Fsp3) is 0.462. The zero-order chi connectivity index (χ0) is 20.8. The van der Waals surface area contributed by atoms with Crippen molar-refractivity contribution in [2.45, 2.75) is 58.3 Å². The third-order valence-corrected chi connectivity index (χ3v) is 6.87. The number of ether oxygens (including phenoxy) is 1. The molecule has 4 atom stereocenters. The van der Waals surface area contributed by atoms with Gasteiger partial charge >= 0.3 is 11.9 Å². The summed E-state index contributed by atoms with van der Waals surface area (Å²) in [6, 6.07) is 18.6. The van der Waals surface area contributed by atoms with Gasteiger partial charge < -0.3 is 4.74 Å². The highest BCUT2D eigenvalue weighted by Crippen LogP contribution is 2.58. The molecule has 2 aromatic rings. The van der Waals surface area contributed by atoms with Crippen LogP contribution in [0.5, 0.6) is 0 Å². The van der Waals surface area contributed by atoms with Gasteiger partial charge in [0.25, 0.3) is 0 Å². The van der Waals surface area contributed by atoms with Crippen molar-refractivity contribution < 1.29 is 14.3 Å². The summed E-state index contributed by atoms with van der Waals surface area (Å²) in [5.41, 5.74) is 3.13. The monoisotopic (exact) mass is 390 g/mol. The first kappa shape index (κ1) is 19.9. The van der Waals surface area contributed by atoms with Crippen molar-refractivity contribution >= 4 is 11.9 Å². The Morgan fingerprint density at radius 2 is 1.59 bits per heavy atom. The number of fused-ring (bicyclic) bond motifs is 2. The lowest BCUT2D eigenvalue weighted by Crippen LogP contribution is -2.48. The van der Waals surface area contributed by atoms with Gasteiger partial charge in [0.2, 0.25) is 0 Å². The molecule has 2 aromatic carbocycles. The van der Waals surface area contributed by atoms with E-state index in [1.165, 1.54) is 11.1 Å². The lowest BCUT2D eigenvalue weighted by molar-refractivity contribution is -0.154. The Kier molecular flexibility index (Phi) is 4.88. The molecule has 29 heavy (non-hydrogen) atoms. The molecule has 0 bridgehead atoms. The molecule has 4 rings (SSSR count). The van der Waals surface area contributed by atoms with Gasteiger partial charge in [-0.15, -0.1) is 0 Å². The van der Waals surface area contributed by atoms with Crippen LogP contribution in [0.15, 0.2) is 54.6 Å². The Bertz CT molecular complexity index is 924. The van der Waals surface area contributed by atoms with Crippen LogP contribution in [0.4, 0.5) is 0 Å². The lowest BCUT2D eigenvalue weighted by Gasteiger charge is -2.47. The second kappa shape index (κ2) is 7.12. The van der Waals surface area contributed by atoms with Gasteiger partial charge in [0.1, 0.15) is 0 Å². The highest BCUT2D eigenvalue weighted by atomic mass is 16.6. The van der Waals surface area contributed by atoms with Crippen LogP contribution in [0.25, 0.3) is 0 Å². The molecule has 4 unspecified atom stereocenters. The summed E-state index contributed by atoms with van der Waals surface area (Å²) in [4.78, 5) is 25.8. The average Bonchev–Trinajstić information content (AvgIpc) is 2.99. The normalized spacial score (nSPS) is 28.6. The van der Waals surface area contributed by atoms with Crippen LogP contribution in [0, 0.1) is 17.3 Å². The van der Waals surface area contributed by atoms with Crippen LogP contribution >= 0.6 is 0 Å². The van der Waals surface area contributed by atoms with E-state index in [1.54, 1.807) is 0 Å². The van der Waals surface area contributed by atoms with Crippen LogP contribution in [0.2, 0.25) is 0 Å². The minimum Gasteiger partial charge on any atom is -0.393 e. The van der Waals surface area contributed by atoms with Crippen LogP contribution in [-0.4, -0.2) is 11.9 Å². The van der Waals surface area contributed by atoms with Gasteiger partial charge in [0, 0.05) is 5.41 Å². The Balaban J connectivity index is 1.94. The molecule has 0 N–H and O–H groups in total. The molecule has 2 aliphatic rings. The highest BCUT2D eigenvalue weighted by molar-refractivity contribution is 5.99. The van der Waals surface area contributed by atoms with Gasteiger partial charge in [-0.1, -0.05) is 88.7 Å². The molecule has 1 saturated heterocycles. The Labute approximate surface area is 173 Å². The van der Waals surface area contributed by atoms with Crippen LogP contribution < -0.4 is 0 Å². The fourth-order valence-electron chi connectivity index (χ4n) is 5.58. The number of hydrogen-bond donors (Lipinski definition) is 0. The number of carbonyl (C=O) groups excluding carboxylic acids is 2. The summed E-state index contributed by atoms with van der Waals surface area (Å²) >= 11 is 0. The first-order valence-electron chi connectivity index (χ1n) is 10.7. The van der Waals surface area contributed by atoms with E-state index < -0.39 is 17.3 Å². The van der Waals surface area contributed by atoms with Crippen molar-refractivity contribution in [2.75, 3.05) is 0 Å². The van der Waals surface area contributed by atoms with E-state index in [2.05, 4.69) is 58.0 Å². The summed E-state index contributed by atoms with van der Waals surface area (Å²) in [6.07, 6.45) is 2.85. The Morgan fingerprint density at radius 3 is 2.28 bits per heavy atom. The summed E-state index contributed by atoms with van der Waals surface area (Å²) in [5.74, 6) is -1.65. The number of carbonyl (C=O) groups is 2. The lowest BCUT2D eigenvalue weighted by atomic mass is 9.52. The number of hydrogen-bond acceptors (Lipinski definition) is 3. The van der Waals surface area contributed by atoms with Crippen molar-refractivity contribution in [2.24, 2.45) is 17.3 Å². The average molecular weight is 391 g/mol. The maximum atomic E-state index is 13.1. The van der Waals surface area contributed by atoms with Crippen molar-refractivity contribution in [1.82, 2.24) is 0 Å². The van der Waals surface area contributed by atoms with E-state index in [0.29, 0.717) is 0 Å². The summed E-state index contributed by atoms with van der Waals surface area (Å²) < 4.78 is 5.26. The molecular formula is C26H30O3. The number of esters is 2. The van der Waals surface area contributed by atoms with E-state index in [1.807, 2.05) is 24.3 Å². The minimum absolute atomic E-state index is 0.0328. The minimum atomic E-state index is -0.538. The van der Waals surface area contributed by atoms with E-state index in [-0.39, 0.29) is 23.3 Å². The molecule has 152 valence electrons. The molecule has 0 radical (unpaired) electrons. The van der Waals surface area contributed by atoms with Gasteiger partial charge in [0.15, 0.2) is 0 Å². The quantitative estimate of drug-likeness (QED) is 0.502. The van der Waals surface area contributed by atoms with Gasteiger partial charge in [-0.3, -0.25) is 9.59 Å². The maximum absolute atomic E-state index is 13.1. The van der Waals surface area contributed by atoms with Crippen LogP contribution in [0.3, 0.4) is 0 Å². The highest BCUT2D eigenvalue weighted by Gasteiger charge is 2.62. The summed E-state index contributed by atoms with van der Waals surface area (Å²) in [6.45, 7) is 8.79. The first-order chi connectivity index (χ1) is 13.8. The fourth-order valence-corrected chi connectivity index (χ4v) is 5.58. The van der Waals surface area contributed by atoms with E-state index in [0.717, 1.165) is 24.8 Å². The van der Waals surface area contributed by atoms with Crippen molar-refractivity contribution in [1.29, 1.82) is 0 Å². The smallest absolute Gasteiger partial charge is 0.318 e. The van der Waals surface area contributed by atoms with Crippen molar-refractivity contribution in [3.8, 4) is 0 Å². The molecule has 1 aliphatic heterocycles. The van der Waals surface area contributed by atoms with Crippen molar-refractivity contribution in [3.63, 3.8) is 0 Å². The molecule has 1 aliphatic carbocycles. The van der Waals surface area contributed by atoms with Crippen molar-refractivity contribution in [3.05, 3.63) is 71.3 Å². The third kappa shape index (κ3) is 3.21. The van der Waals surface area contributed by atoms with Gasteiger partial charge in [0.05, 0.1) is 11.8 Å². The van der Waals surface area contributed by atoms with Gasteiger partial charge in [-0.25, -0.2) is 0 Å². The zero-order valence-corrected chi connectivity index (χ0v) is 17.8. The van der Waals surface area contributed by atoms with Gasteiger partial charge in [-0.2, -0.15) is 0 Å². The largest absolute Gasteiger partial charge is 0.393 e. The van der Waals surface area contributed by atoms with E-state index in [4.69, 9.17) is 4.74 Å². The molecule has 0 aromatic heterocycles. The Hall–Kier alpha value is -2.42. The third-order valence-electron chi connectivity index (χ3n) is 6.87. The molecular weight excluding hydrogens is 360 g/mol. The Morgan fingerprint density at radius 1 is 0.931 bits per heavy atom.